The molecule has 7 nitrogen and oxygen atoms in total. The Morgan fingerprint density at radius 1 is 1.23 bits per heavy atom. The molecule has 0 aliphatic carbocycles. The van der Waals surface area contributed by atoms with E-state index < -0.39 is 5.56 Å². The molecule has 1 fully saturated rings. The SMILES string of the molecule is N#Cc1c(N2CCN(C(=O)c3cccs3)CC2)c2ncccc2[nH]c1=O. The number of hydrogen-bond donors (Lipinski definition) is 1. The number of piperazine rings is 1. The topological polar surface area (TPSA) is 93.1 Å². The van der Waals surface area contributed by atoms with Gasteiger partial charge in [-0.2, -0.15) is 5.26 Å². The van der Waals surface area contributed by atoms with Crippen LogP contribution < -0.4 is 10.5 Å². The molecule has 0 atom stereocenters. The van der Waals surface area contributed by atoms with Crippen LogP contribution in [0.5, 0.6) is 0 Å². The number of nitriles is 1. The molecule has 4 heterocycles. The van der Waals surface area contributed by atoms with Crippen LogP contribution in [0.2, 0.25) is 0 Å². The van der Waals surface area contributed by atoms with E-state index in [0.717, 1.165) is 4.88 Å². The van der Waals surface area contributed by atoms with Crippen molar-refractivity contribution < 1.29 is 4.79 Å². The molecule has 4 rings (SSSR count). The number of hydrogen-bond acceptors (Lipinski definition) is 6. The molecule has 0 aromatic carbocycles. The van der Waals surface area contributed by atoms with E-state index >= 15 is 0 Å². The van der Waals surface area contributed by atoms with Gasteiger partial charge < -0.3 is 14.8 Å². The third-order valence-electron chi connectivity index (χ3n) is 4.47. The van der Waals surface area contributed by atoms with Crippen molar-refractivity contribution in [3.05, 3.63) is 56.6 Å². The first-order valence-corrected chi connectivity index (χ1v) is 9.06. The summed E-state index contributed by atoms with van der Waals surface area (Å²) in [4.78, 5) is 36.3. The highest BCUT2D eigenvalue weighted by Crippen LogP contribution is 2.27. The summed E-state index contributed by atoms with van der Waals surface area (Å²) in [7, 11) is 0. The van der Waals surface area contributed by atoms with Crippen LogP contribution in [-0.4, -0.2) is 47.0 Å². The van der Waals surface area contributed by atoms with Crippen molar-refractivity contribution in [2.24, 2.45) is 0 Å². The Labute approximate surface area is 153 Å². The van der Waals surface area contributed by atoms with Gasteiger partial charge in [-0.05, 0) is 23.6 Å². The summed E-state index contributed by atoms with van der Waals surface area (Å²) in [5, 5.41) is 11.4. The lowest BCUT2D eigenvalue weighted by Crippen LogP contribution is -2.49. The van der Waals surface area contributed by atoms with Crippen LogP contribution in [0.3, 0.4) is 0 Å². The second-order valence-corrected chi connectivity index (χ2v) is 6.89. The third kappa shape index (κ3) is 2.72. The van der Waals surface area contributed by atoms with E-state index in [4.69, 9.17) is 0 Å². The lowest BCUT2D eigenvalue weighted by Gasteiger charge is -2.36. The van der Waals surface area contributed by atoms with E-state index in [1.807, 2.05) is 28.5 Å². The van der Waals surface area contributed by atoms with Gasteiger partial charge >= 0.3 is 0 Å². The Morgan fingerprint density at radius 2 is 2.04 bits per heavy atom. The monoisotopic (exact) mass is 365 g/mol. The molecule has 1 N–H and O–H groups in total. The first-order valence-electron chi connectivity index (χ1n) is 8.18. The summed E-state index contributed by atoms with van der Waals surface area (Å²) in [6, 6.07) is 9.20. The number of nitrogens with one attached hydrogen (secondary N) is 1. The lowest BCUT2D eigenvalue weighted by atomic mass is 10.1. The minimum absolute atomic E-state index is 0.0223. The van der Waals surface area contributed by atoms with Gasteiger partial charge in [0, 0.05) is 32.4 Å². The number of pyridine rings is 2. The standard InChI is InChI=1S/C18H15N5O2S/c19-11-12-16(15-13(21-17(12)24)3-1-5-20-15)22-6-8-23(9-7-22)18(25)14-4-2-10-26-14/h1-5,10H,6-9H2,(H,21,24). The van der Waals surface area contributed by atoms with Crippen LogP contribution in [0.15, 0.2) is 40.6 Å². The number of amides is 1. The van der Waals surface area contributed by atoms with E-state index in [-0.39, 0.29) is 11.5 Å². The second-order valence-electron chi connectivity index (χ2n) is 5.95. The normalized spacial score (nSPS) is 14.4. The zero-order chi connectivity index (χ0) is 18.1. The van der Waals surface area contributed by atoms with Gasteiger partial charge in [-0.1, -0.05) is 6.07 Å². The van der Waals surface area contributed by atoms with E-state index in [1.165, 1.54) is 11.3 Å². The number of fused-ring (bicyclic) bond motifs is 1. The molecule has 0 unspecified atom stereocenters. The molecule has 1 saturated heterocycles. The predicted octanol–water partition coefficient (Wildman–Crippen LogP) is 1.82. The van der Waals surface area contributed by atoms with E-state index in [1.54, 1.807) is 23.2 Å². The van der Waals surface area contributed by atoms with Gasteiger partial charge in [0.25, 0.3) is 11.5 Å². The number of anilines is 1. The van der Waals surface area contributed by atoms with Gasteiger partial charge in [-0.25, -0.2) is 0 Å². The number of aromatic amines is 1. The zero-order valence-electron chi connectivity index (χ0n) is 13.8. The Hall–Kier alpha value is -3.18. The number of aromatic nitrogens is 2. The van der Waals surface area contributed by atoms with Gasteiger partial charge in [0.2, 0.25) is 0 Å². The molecular formula is C18H15N5O2S. The van der Waals surface area contributed by atoms with Crippen molar-refractivity contribution in [1.29, 1.82) is 5.26 Å². The van der Waals surface area contributed by atoms with Crippen LogP contribution >= 0.6 is 11.3 Å². The number of carbonyl (C=O) groups is 1. The minimum Gasteiger partial charge on any atom is -0.365 e. The van der Waals surface area contributed by atoms with Gasteiger partial charge in [0.15, 0.2) is 0 Å². The lowest BCUT2D eigenvalue weighted by molar-refractivity contribution is 0.0751. The maximum absolute atomic E-state index is 12.5. The fourth-order valence-electron chi connectivity index (χ4n) is 3.21. The molecule has 3 aromatic heterocycles. The predicted molar refractivity (Wildman–Crippen MR) is 99.5 cm³/mol. The number of nitrogens with zero attached hydrogens (tertiary/aromatic N) is 4. The number of carbonyl (C=O) groups excluding carboxylic acids is 1. The Kier molecular flexibility index (Phi) is 4.14. The first kappa shape index (κ1) is 16.3. The first-order chi connectivity index (χ1) is 12.7. The summed E-state index contributed by atoms with van der Waals surface area (Å²) >= 11 is 1.43. The van der Waals surface area contributed by atoms with Crippen LogP contribution in [-0.2, 0) is 0 Å². The fourth-order valence-corrected chi connectivity index (χ4v) is 3.90. The van der Waals surface area contributed by atoms with Gasteiger partial charge in [0.05, 0.1) is 16.1 Å². The van der Waals surface area contributed by atoms with Gasteiger partial charge in [0.1, 0.15) is 17.1 Å². The molecule has 0 spiro atoms. The van der Waals surface area contributed by atoms with Gasteiger partial charge in [-0.15, -0.1) is 11.3 Å². The maximum atomic E-state index is 12.5. The molecule has 26 heavy (non-hydrogen) atoms. The van der Waals surface area contributed by atoms with Crippen molar-refractivity contribution in [2.45, 2.75) is 0 Å². The highest BCUT2D eigenvalue weighted by atomic mass is 32.1. The Balaban J connectivity index is 1.65. The number of rotatable bonds is 2. The van der Waals surface area contributed by atoms with E-state index in [2.05, 4.69) is 9.97 Å². The summed E-state index contributed by atoms with van der Waals surface area (Å²) in [6.45, 7) is 2.15. The fraction of sp³-hybridized carbons (Fsp3) is 0.222. The van der Waals surface area contributed by atoms with Crippen LogP contribution in [0, 0.1) is 11.3 Å². The smallest absolute Gasteiger partial charge is 0.268 e. The van der Waals surface area contributed by atoms with E-state index in [9.17, 15) is 14.9 Å². The molecule has 8 heteroatoms. The highest BCUT2D eigenvalue weighted by molar-refractivity contribution is 7.12. The molecule has 3 aromatic rings. The maximum Gasteiger partial charge on any atom is 0.268 e. The van der Waals surface area contributed by atoms with Crippen molar-refractivity contribution in [1.82, 2.24) is 14.9 Å². The van der Waals surface area contributed by atoms with Crippen molar-refractivity contribution in [3.8, 4) is 6.07 Å². The van der Waals surface area contributed by atoms with Crippen LogP contribution in [0.25, 0.3) is 11.0 Å². The summed E-state index contributed by atoms with van der Waals surface area (Å²) in [6.07, 6.45) is 1.64. The Bertz CT molecular complexity index is 1060. The van der Waals surface area contributed by atoms with Crippen molar-refractivity contribution in [2.75, 3.05) is 31.1 Å². The largest absolute Gasteiger partial charge is 0.365 e. The molecule has 1 aliphatic heterocycles. The van der Waals surface area contributed by atoms with Crippen LogP contribution in [0.1, 0.15) is 15.2 Å². The molecule has 1 aliphatic rings. The average molecular weight is 365 g/mol. The van der Waals surface area contributed by atoms with Crippen molar-refractivity contribution in [3.63, 3.8) is 0 Å². The van der Waals surface area contributed by atoms with Gasteiger partial charge in [-0.3, -0.25) is 14.6 Å². The number of thiophene rings is 1. The molecule has 130 valence electrons. The zero-order valence-corrected chi connectivity index (χ0v) is 14.6. The molecule has 0 bridgehead atoms. The van der Waals surface area contributed by atoms with E-state index in [0.29, 0.717) is 42.9 Å². The number of H-pyrrole nitrogens is 1. The minimum atomic E-state index is -0.417. The third-order valence-corrected chi connectivity index (χ3v) is 5.33. The summed E-state index contributed by atoms with van der Waals surface area (Å²) in [5.74, 6) is 0.0223. The Morgan fingerprint density at radius 3 is 2.73 bits per heavy atom. The van der Waals surface area contributed by atoms with Crippen molar-refractivity contribution >= 4 is 34.0 Å². The molecule has 0 saturated carbocycles. The molecular weight excluding hydrogens is 350 g/mol. The van der Waals surface area contributed by atoms with Crippen LogP contribution in [0.4, 0.5) is 5.69 Å². The molecule has 0 radical (unpaired) electrons. The average Bonchev–Trinajstić information content (AvgIpc) is 3.21. The molecule has 1 amide bonds. The second kappa shape index (κ2) is 6.61. The summed E-state index contributed by atoms with van der Waals surface area (Å²) in [5.41, 5.74) is 1.40. The highest BCUT2D eigenvalue weighted by Gasteiger charge is 2.26. The summed E-state index contributed by atoms with van der Waals surface area (Å²) < 4.78 is 0. The quantitative estimate of drug-likeness (QED) is 0.748.